The molecule has 126 valence electrons. The molecule has 0 aliphatic carbocycles. The molecule has 1 N–H and O–H groups in total. The summed E-state index contributed by atoms with van der Waals surface area (Å²) >= 11 is 0. The van der Waals surface area contributed by atoms with E-state index in [1.807, 2.05) is 0 Å². The Morgan fingerprint density at radius 1 is 1.00 bits per heavy atom. The van der Waals surface area contributed by atoms with E-state index in [1.54, 1.807) is 0 Å². The van der Waals surface area contributed by atoms with Crippen molar-refractivity contribution >= 4 is 0 Å². The minimum absolute atomic E-state index is 0.177. The number of hydrogen-bond donors (Lipinski definition) is 1. The average Bonchev–Trinajstić information content (AvgIpc) is 2.37. The molecule has 6 heteroatoms. The van der Waals surface area contributed by atoms with Crippen molar-refractivity contribution < 1.29 is 13.2 Å². The van der Waals surface area contributed by atoms with Crippen molar-refractivity contribution in [3.8, 4) is 0 Å². The molecule has 0 aromatic heterocycles. The molecule has 1 rings (SSSR count). The smallest absolute Gasteiger partial charge is 0.314 e. The standard InChI is InChI=1S/C15H30F3N3/c1-5-14(4,10-19-13(2)3)11-20-6-8-21(9-7-20)12-15(16,17)18/h13,19H,5-12H2,1-4H3. The van der Waals surface area contributed by atoms with Crippen LogP contribution in [0, 0.1) is 5.41 Å². The molecule has 1 atom stereocenters. The van der Waals surface area contributed by atoms with Crippen LogP contribution >= 0.6 is 0 Å². The highest BCUT2D eigenvalue weighted by molar-refractivity contribution is 4.83. The van der Waals surface area contributed by atoms with Crippen molar-refractivity contribution in [3.63, 3.8) is 0 Å². The molecule has 0 aromatic carbocycles. The van der Waals surface area contributed by atoms with Gasteiger partial charge < -0.3 is 10.2 Å². The molecule has 1 heterocycles. The molecule has 0 spiro atoms. The second kappa shape index (κ2) is 7.79. The highest BCUT2D eigenvalue weighted by Crippen LogP contribution is 2.23. The Labute approximate surface area is 126 Å². The van der Waals surface area contributed by atoms with Crippen LogP contribution in [0.5, 0.6) is 0 Å². The first-order valence-corrected chi connectivity index (χ1v) is 7.88. The average molecular weight is 309 g/mol. The van der Waals surface area contributed by atoms with Crippen LogP contribution in [-0.4, -0.2) is 67.8 Å². The number of piperazine rings is 1. The largest absolute Gasteiger partial charge is 0.401 e. The fourth-order valence-electron chi connectivity index (χ4n) is 2.64. The molecule has 3 nitrogen and oxygen atoms in total. The number of alkyl halides is 3. The maximum absolute atomic E-state index is 12.4. The Bertz CT molecular complexity index is 299. The van der Waals surface area contributed by atoms with Crippen molar-refractivity contribution in [2.24, 2.45) is 5.41 Å². The Balaban J connectivity index is 2.39. The zero-order chi connectivity index (χ0) is 16.1. The van der Waals surface area contributed by atoms with Gasteiger partial charge in [0.15, 0.2) is 0 Å². The molecule has 1 saturated heterocycles. The maximum atomic E-state index is 12.4. The molecular formula is C15H30F3N3. The lowest BCUT2D eigenvalue weighted by atomic mass is 9.86. The van der Waals surface area contributed by atoms with E-state index in [-0.39, 0.29) is 5.41 Å². The van der Waals surface area contributed by atoms with E-state index in [2.05, 4.69) is 37.9 Å². The lowest BCUT2D eigenvalue weighted by Gasteiger charge is -2.40. The summed E-state index contributed by atoms with van der Waals surface area (Å²) < 4.78 is 37.1. The van der Waals surface area contributed by atoms with E-state index < -0.39 is 12.7 Å². The molecule has 0 amide bonds. The lowest BCUT2D eigenvalue weighted by Crippen LogP contribution is -2.52. The van der Waals surface area contributed by atoms with Crippen LogP contribution in [0.3, 0.4) is 0 Å². The first-order chi connectivity index (χ1) is 9.63. The summed E-state index contributed by atoms with van der Waals surface area (Å²) in [6.45, 7) is 12.3. The Morgan fingerprint density at radius 2 is 1.48 bits per heavy atom. The molecule has 21 heavy (non-hydrogen) atoms. The van der Waals surface area contributed by atoms with Crippen LogP contribution in [0.2, 0.25) is 0 Å². The predicted octanol–water partition coefficient (Wildman–Crippen LogP) is 2.58. The van der Waals surface area contributed by atoms with Gasteiger partial charge in [0.05, 0.1) is 6.54 Å². The fraction of sp³-hybridized carbons (Fsp3) is 1.00. The zero-order valence-electron chi connectivity index (χ0n) is 13.8. The van der Waals surface area contributed by atoms with E-state index >= 15 is 0 Å². The summed E-state index contributed by atoms with van der Waals surface area (Å²) in [5.74, 6) is 0. The third kappa shape index (κ3) is 7.47. The zero-order valence-corrected chi connectivity index (χ0v) is 13.8. The first kappa shape index (κ1) is 18.7. The van der Waals surface area contributed by atoms with Crippen molar-refractivity contribution in [1.82, 2.24) is 15.1 Å². The maximum Gasteiger partial charge on any atom is 0.401 e. The van der Waals surface area contributed by atoms with Gasteiger partial charge in [-0.3, -0.25) is 4.90 Å². The molecule has 1 aliphatic heterocycles. The molecule has 0 aromatic rings. The number of halogens is 3. The normalized spacial score (nSPS) is 21.7. The molecule has 0 bridgehead atoms. The molecule has 1 unspecified atom stereocenters. The van der Waals surface area contributed by atoms with Gasteiger partial charge in [-0.25, -0.2) is 0 Å². The third-order valence-corrected chi connectivity index (χ3v) is 4.26. The SMILES string of the molecule is CCC(C)(CNC(C)C)CN1CCN(CC(F)(F)F)CC1. The summed E-state index contributed by atoms with van der Waals surface area (Å²) in [5, 5.41) is 3.48. The van der Waals surface area contributed by atoms with Crippen LogP contribution in [0.15, 0.2) is 0 Å². The molecule has 1 fully saturated rings. The van der Waals surface area contributed by atoms with Gasteiger partial charge in [0.25, 0.3) is 0 Å². The van der Waals surface area contributed by atoms with Gasteiger partial charge in [-0.15, -0.1) is 0 Å². The topological polar surface area (TPSA) is 18.5 Å². The van der Waals surface area contributed by atoms with Crippen molar-refractivity contribution in [3.05, 3.63) is 0 Å². The Hall–Kier alpha value is -0.330. The summed E-state index contributed by atoms with van der Waals surface area (Å²) in [5.41, 5.74) is 0.177. The van der Waals surface area contributed by atoms with E-state index in [1.165, 1.54) is 4.90 Å². The molecule has 1 aliphatic rings. The van der Waals surface area contributed by atoms with Gasteiger partial charge in [0, 0.05) is 45.3 Å². The third-order valence-electron chi connectivity index (χ3n) is 4.26. The molecule has 0 saturated carbocycles. The molecule has 0 radical (unpaired) electrons. The van der Waals surface area contributed by atoms with Crippen molar-refractivity contribution in [2.75, 3.05) is 45.8 Å². The predicted molar refractivity (Wildman–Crippen MR) is 80.5 cm³/mol. The first-order valence-electron chi connectivity index (χ1n) is 7.88. The van der Waals surface area contributed by atoms with Crippen LogP contribution in [0.1, 0.15) is 34.1 Å². The minimum atomic E-state index is -4.08. The van der Waals surface area contributed by atoms with Gasteiger partial charge in [0.1, 0.15) is 0 Å². The fourth-order valence-corrected chi connectivity index (χ4v) is 2.64. The summed E-state index contributed by atoms with van der Waals surface area (Å²) in [7, 11) is 0. The van der Waals surface area contributed by atoms with Gasteiger partial charge in [-0.2, -0.15) is 13.2 Å². The number of nitrogens with one attached hydrogen (secondary N) is 1. The summed E-state index contributed by atoms with van der Waals surface area (Å²) in [4.78, 5) is 3.81. The highest BCUT2D eigenvalue weighted by atomic mass is 19.4. The second-order valence-corrected chi connectivity index (χ2v) is 6.87. The number of hydrogen-bond acceptors (Lipinski definition) is 3. The molecular weight excluding hydrogens is 279 g/mol. The van der Waals surface area contributed by atoms with E-state index in [0.717, 1.165) is 32.6 Å². The van der Waals surface area contributed by atoms with Crippen LogP contribution in [0.25, 0.3) is 0 Å². The lowest BCUT2D eigenvalue weighted by molar-refractivity contribution is -0.149. The van der Waals surface area contributed by atoms with Crippen molar-refractivity contribution in [2.45, 2.75) is 46.3 Å². The second-order valence-electron chi connectivity index (χ2n) is 6.87. The highest BCUT2D eigenvalue weighted by Gasteiger charge is 2.33. The Morgan fingerprint density at radius 3 is 1.86 bits per heavy atom. The van der Waals surface area contributed by atoms with Gasteiger partial charge in [-0.05, 0) is 11.8 Å². The van der Waals surface area contributed by atoms with Gasteiger partial charge >= 0.3 is 6.18 Å². The summed E-state index contributed by atoms with van der Waals surface area (Å²) in [6.07, 6.45) is -3.02. The van der Waals surface area contributed by atoms with Crippen LogP contribution in [0.4, 0.5) is 13.2 Å². The monoisotopic (exact) mass is 309 g/mol. The quantitative estimate of drug-likeness (QED) is 0.780. The van der Waals surface area contributed by atoms with Crippen LogP contribution in [-0.2, 0) is 0 Å². The summed E-state index contributed by atoms with van der Waals surface area (Å²) in [6, 6.07) is 0.458. The number of nitrogens with zero attached hydrogens (tertiary/aromatic N) is 2. The Kier molecular flexibility index (Phi) is 6.94. The van der Waals surface area contributed by atoms with Gasteiger partial charge in [-0.1, -0.05) is 27.7 Å². The van der Waals surface area contributed by atoms with Crippen molar-refractivity contribution in [1.29, 1.82) is 0 Å². The van der Waals surface area contributed by atoms with E-state index in [9.17, 15) is 13.2 Å². The van der Waals surface area contributed by atoms with Gasteiger partial charge in [0.2, 0.25) is 0 Å². The minimum Gasteiger partial charge on any atom is -0.314 e. The number of rotatable bonds is 7. The van der Waals surface area contributed by atoms with E-state index in [4.69, 9.17) is 0 Å². The van der Waals surface area contributed by atoms with E-state index in [0.29, 0.717) is 19.1 Å². The van der Waals surface area contributed by atoms with Crippen LogP contribution < -0.4 is 5.32 Å².